The molecule has 26 heavy (non-hydrogen) atoms. The third-order valence-electron chi connectivity index (χ3n) is 4.91. The summed E-state index contributed by atoms with van der Waals surface area (Å²) in [4.78, 5) is 22.6. The van der Waals surface area contributed by atoms with Gasteiger partial charge in [-0.25, -0.2) is 0 Å². The molecule has 0 fully saturated rings. The molecule has 0 aromatic rings. The lowest BCUT2D eigenvalue weighted by atomic mass is 9.90. The average Bonchev–Trinajstić information content (AvgIpc) is 2.60. The first-order valence-corrected chi connectivity index (χ1v) is 10.7. The lowest BCUT2D eigenvalue weighted by Crippen LogP contribution is -2.20. The second-order valence-corrected chi connectivity index (χ2v) is 7.34. The summed E-state index contributed by atoms with van der Waals surface area (Å²) in [5, 5.41) is 18.5. The van der Waals surface area contributed by atoms with Gasteiger partial charge in [0.2, 0.25) is 0 Å². The molecule has 0 aliphatic heterocycles. The molecule has 0 aliphatic carbocycles. The smallest absolute Gasteiger partial charge is 0.311 e. The average molecular weight is 369 g/mol. The summed E-state index contributed by atoms with van der Waals surface area (Å²) in [6.45, 7) is 4.39. The van der Waals surface area contributed by atoms with Crippen molar-refractivity contribution in [3.63, 3.8) is 0 Å². The number of carboxylic acid groups (broad SMARTS) is 2. The van der Waals surface area contributed by atoms with Gasteiger partial charge in [-0.2, -0.15) is 0 Å². The molecule has 2 N–H and O–H groups in total. The Hall–Kier alpha value is -1.32. The number of allylic oxidation sites excluding steroid dienone is 1. The van der Waals surface area contributed by atoms with Gasteiger partial charge < -0.3 is 10.2 Å². The zero-order chi connectivity index (χ0) is 19.6. The number of hydrogen-bond acceptors (Lipinski definition) is 2. The van der Waals surface area contributed by atoms with Gasteiger partial charge in [0, 0.05) is 0 Å². The molecular weight excluding hydrogens is 328 g/mol. The maximum absolute atomic E-state index is 11.6. The van der Waals surface area contributed by atoms with Crippen molar-refractivity contribution in [1.82, 2.24) is 0 Å². The highest BCUT2D eigenvalue weighted by Crippen LogP contribution is 2.24. The monoisotopic (exact) mass is 368 g/mol. The van der Waals surface area contributed by atoms with Crippen LogP contribution in [0.2, 0.25) is 0 Å². The largest absolute Gasteiger partial charge is 0.481 e. The van der Waals surface area contributed by atoms with Crippen LogP contribution in [-0.4, -0.2) is 22.2 Å². The first-order valence-electron chi connectivity index (χ1n) is 10.7. The third kappa shape index (κ3) is 13.9. The Balaban J connectivity index is 4.52. The zero-order valence-electron chi connectivity index (χ0n) is 17.0. The van der Waals surface area contributed by atoms with Gasteiger partial charge in [0.05, 0.1) is 12.3 Å². The van der Waals surface area contributed by atoms with E-state index in [1.165, 1.54) is 51.4 Å². The van der Waals surface area contributed by atoms with Gasteiger partial charge >= 0.3 is 11.9 Å². The summed E-state index contributed by atoms with van der Waals surface area (Å²) in [5.41, 5.74) is 0.823. The van der Waals surface area contributed by atoms with Crippen LogP contribution in [0.15, 0.2) is 11.6 Å². The van der Waals surface area contributed by atoms with Crippen LogP contribution in [0.1, 0.15) is 110 Å². The molecule has 0 saturated carbocycles. The van der Waals surface area contributed by atoms with Crippen LogP contribution in [0.5, 0.6) is 0 Å². The van der Waals surface area contributed by atoms with E-state index in [-0.39, 0.29) is 6.42 Å². The Morgan fingerprint density at radius 1 is 0.769 bits per heavy atom. The normalized spacial score (nSPS) is 12.9. The highest BCUT2D eigenvalue weighted by molar-refractivity contribution is 5.80. The van der Waals surface area contributed by atoms with E-state index in [1.54, 1.807) is 0 Å². The van der Waals surface area contributed by atoms with Crippen LogP contribution in [0.3, 0.4) is 0 Å². The first kappa shape index (κ1) is 24.7. The molecule has 0 aromatic carbocycles. The van der Waals surface area contributed by atoms with Crippen LogP contribution in [0.4, 0.5) is 0 Å². The highest BCUT2D eigenvalue weighted by Gasteiger charge is 2.24. The van der Waals surface area contributed by atoms with Crippen LogP contribution in [0.25, 0.3) is 0 Å². The molecule has 1 unspecified atom stereocenters. The minimum atomic E-state index is -1.04. The molecule has 0 amide bonds. The van der Waals surface area contributed by atoms with Crippen LogP contribution < -0.4 is 0 Å². The second-order valence-electron chi connectivity index (χ2n) is 7.34. The molecule has 152 valence electrons. The fraction of sp³-hybridized carbons (Fsp3) is 0.818. The highest BCUT2D eigenvalue weighted by atomic mass is 16.4. The Morgan fingerprint density at radius 3 is 1.77 bits per heavy atom. The van der Waals surface area contributed by atoms with Crippen molar-refractivity contribution in [1.29, 1.82) is 0 Å². The van der Waals surface area contributed by atoms with Gasteiger partial charge in [-0.05, 0) is 25.7 Å². The molecule has 0 aliphatic rings. The van der Waals surface area contributed by atoms with E-state index in [4.69, 9.17) is 5.11 Å². The summed E-state index contributed by atoms with van der Waals surface area (Å²) in [5.74, 6) is -2.92. The topological polar surface area (TPSA) is 74.6 Å². The Morgan fingerprint density at radius 2 is 1.27 bits per heavy atom. The molecule has 4 nitrogen and oxygen atoms in total. The summed E-state index contributed by atoms with van der Waals surface area (Å²) in [6, 6.07) is 0. The van der Waals surface area contributed by atoms with E-state index in [0.29, 0.717) is 6.42 Å². The van der Waals surface area contributed by atoms with E-state index in [1.807, 2.05) is 6.08 Å². The van der Waals surface area contributed by atoms with E-state index in [0.717, 1.165) is 37.7 Å². The predicted molar refractivity (Wildman–Crippen MR) is 107 cm³/mol. The van der Waals surface area contributed by atoms with E-state index in [2.05, 4.69) is 13.8 Å². The van der Waals surface area contributed by atoms with Crippen molar-refractivity contribution in [2.45, 2.75) is 110 Å². The Labute approximate surface area is 160 Å². The minimum absolute atomic E-state index is 0.312. The molecule has 0 saturated heterocycles. The summed E-state index contributed by atoms with van der Waals surface area (Å²) < 4.78 is 0. The molecule has 0 bridgehead atoms. The second kappa shape index (κ2) is 17.1. The number of aliphatic carboxylic acids is 2. The lowest BCUT2D eigenvalue weighted by molar-refractivity contribution is -0.147. The molecule has 1 atom stereocenters. The van der Waals surface area contributed by atoms with E-state index in [9.17, 15) is 14.7 Å². The van der Waals surface area contributed by atoms with Gasteiger partial charge in [-0.15, -0.1) is 0 Å². The SMILES string of the molecule is CCCCCCCC/C=C(\CCCCCCCC)C(CC(=O)O)C(=O)O. The minimum Gasteiger partial charge on any atom is -0.481 e. The molecule has 0 rings (SSSR count). The van der Waals surface area contributed by atoms with Crippen molar-refractivity contribution < 1.29 is 19.8 Å². The molecular formula is C22H40O4. The third-order valence-corrected chi connectivity index (χ3v) is 4.91. The summed E-state index contributed by atoms with van der Waals surface area (Å²) >= 11 is 0. The Kier molecular flexibility index (Phi) is 16.2. The lowest BCUT2D eigenvalue weighted by Gasteiger charge is -2.15. The van der Waals surface area contributed by atoms with Gasteiger partial charge in [0.1, 0.15) is 0 Å². The molecule has 0 aromatic heterocycles. The van der Waals surface area contributed by atoms with Gasteiger partial charge in [0.25, 0.3) is 0 Å². The summed E-state index contributed by atoms with van der Waals surface area (Å²) in [6.07, 6.45) is 17.4. The molecule has 4 heteroatoms. The maximum Gasteiger partial charge on any atom is 0.311 e. The van der Waals surface area contributed by atoms with Gasteiger partial charge in [-0.1, -0.05) is 89.7 Å². The quantitative estimate of drug-likeness (QED) is 0.211. The van der Waals surface area contributed by atoms with Crippen LogP contribution >= 0.6 is 0 Å². The van der Waals surface area contributed by atoms with Crippen LogP contribution in [0, 0.1) is 5.92 Å². The summed E-state index contributed by atoms with van der Waals surface area (Å²) in [7, 11) is 0. The van der Waals surface area contributed by atoms with Crippen molar-refractivity contribution >= 4 is 11.9 Å². The van der Waals surface area contributed by atoms with E-state index >= 15 is 0 Å². The number of carboxylic acids is 2. The molecule has 0 heterocycles. The Bertz CT molecular complexity index is 401. The van der Waals surface area contributed by atoms with Crippen molar-refractivity contribution in [2.24, 2.45) is 5.92 Å². The van der Waals surface area contributed by atoms with Crippen molar-refractivity contribution in [3.8, 4) is 0 Å². The molecule has 0 spiro atoms. The number of rotatable bonds is 18. The van der Waals surface area contributed by atoms with Crippen molar-refractivity contribution in [2.75, 3.05) is 0 Å². The van der Waals surface area contributed by atoms with Gasteiger partial charge in [-0.3, -0.25) is 9.59 Å². The van der Waals surface area contributed by atoms with Crippen LogP contribution in [-0.2, 0) is 9.59 Å². The van der Waals surface area contributed by atoms with E-state index < -0.39 is 17.9 Å². The van der Waals surface area contributed by atoms with Gasteiger partial charge in [0.15, 0.2) is 0 Å². The maximum atomic E-state index is 11.6. The number of unbranched alkanes of at least 4 members (excludes halogenated alkanes) is 11. The zero-order valence-corrected chi connectivity index (χ0v) is 17.0. The fourth-order valence-corrected chi connectivity index (χ4v) is 3.29. The number of carbonyl (C=O) groups is 2. The van der Waals surface area contributed by atoms with Crippen molar-refractivity contribution in [3.05, 3.63) is 11.6 Å². The first-order chi connectivity index (χ1) is 12.5. The standard InChI is InChI=1S/C22H40O4/c1-3-5-7-9-11-13-15-17-19(16-14-12-10-8-6-4-2)20(22(25)26)18-21(23)24/h17,20H,3-16,18H2,1-2H3,(H,23,24)(H,25,26)/b19-17+. The predicted octanol–water partition coefficient (Wildman–Crippen LogP) is 6.59. The number of hydrogen-bond donors (Lipinski definition) is 2. The molecule has 0 radical (unpaired) electrons. The fourth-order valence-electron chi connectivity index (χ4n) is 3.29.